The summed E-state index contributed by atoms with van der Waals surface area (Å²) in [6.07, 6.45) is 0. The Balaban J connectivity index is 0.000000720. The molecule has 0 aliphatic carbocycles. The van der Waals surface area contributed by atoms with E-state index in [-0.39, 0.29) is 17.1 Å². The topological polar surface area (TPSA) is 121 Å². The predicted octanol–water partition coefficient (Wildman–Crippen LogP) is -1.55. The van der Waals surface area contributed by atoms with Crippen LogP contribution in [-0.2, 0) is 17.1 Å². The fourth-order valence-corrected chi connectivity index (χ4v) is 0.530. The molecule has 0 fully saturated rings. The van der Waals surface area contributed by atoms with Crippen LogP contribution in [0.5, 0.6) is 0 Å². The molecule has 0 aromatic carbocycles. The molecule has 9 nitrogen and oxygen atoms in total. The van der Waals surface area contributed by atoms with Gasteiger partial charge >= 0.3 is 17.1 Å². The number of anilines is 2. The van der Waals surface area contributed by atoms with Gasteiger partial charge in [0.25, 0.3) is 11.9 Å². The summed E-state index contributed by atoms with van der Waals surface area (Å²) in [6, 6.07) is 0. The molecule has 0 unspecified atom stereocenters. The van der Waals surface area contributed by atoms with Crippen molar-refractivity contribution >= 4 is 11.9 Å². The number of H-pyrrole nitrogens is 2. The molecule has 0 saturated heterocycles. The van der Waals surface area contributed by atoms with Gasteiger partial charge in [0.05, 0.1) is 0 Å². The fraction of sp³-hybridized carbons (Fsp3) is 0. The summed E-state index contributed by atoms with van der Waals surface area (Å²) in [5.74, 6) is 0.595. The third kappa shape index (κ3) is 1.74. The van der Waals surface area contributed by atoms with Gasteiger partial charge in [0.15, 0.2) is 0 Å². The van der Waals surface area contributed by atoms with E-state index in [9.17, 15) is 0 Å². The molecular weight excluding hydrogens is 214 g/mol. The number of hydrogen-bond donors (Lipinski definition) is 3. The van der Waals surface area contributed by atoms with Gasteiger partial charge in [-0.05, 0) is 10.4 Å². The van der Waals surface area contributed by atoms with Crippen molar-refractivity contribution in [3.05, 3.63) is 0 Å². The predicted molar refractivity (Wildman–Crippen MR) is 31.6 cm³/mol. The zero-order chi connectivity index (χ0) is 7.52. The second kappa shape index (κ2) is 3.74. The van der Waals surface area contributed by atoms with Crippen molar-refractivity contribution in [3.8, 4) is 0 Å². The maximum atomic E-state index is 3.61. The Morgan fingerprint density at radius 2 is 1.42 bits per heavy atom. The molecule has 65 valence electrons. The van der Waals surface area contributed by atoms with Crippen molar-refractivity contribution in [3.63, 3.8) is 0 Å². The van der Waals surface area contributed by atoms with Crippen molar-refractivity contribution in [2.24, 2.45) is 0 Å². The first-order chi connectivity index (χ1) is 5.45. The van der Waals surface area contributed by atoms with Crippen LogP contribution in [0.3, 0.4) is 0 Å². The first-order valence-electron chi connectivity index (χ1n) is 2.69. The monoisotopic (exact) mass is 216 g/mol. The summed E-state index contributed by atoms with van der Waals surface area (Å²) < 4.78 is 0. The third-order valence-corrected chi connectivity index (χ3v) is 0.914. The molecule has 10 heteroatoms. The Bertz CT molecular complexity index is 265. The maximum absolute atomic E-state index is 3.61. The van der Waals surface area contributed by atoms with Gasteiger partial charge in [0.1, 0.15) is 0 Å². The summed E-state index contributed by atoms with van der Waals surface area (Å²) in [6.45, 7) is 0. The summed E-state index contributed by atoms with van der Waals surface area (Å²) in [5.41, 5.74) is 0. The average molecular weight is 217 g/mol. The van der Waals surface area contributed by atoms with E-state index in [1.165, 1.54) is 0 Å². The van der Waals surface area contributed by atoms with Crippen molar-refractivity contribution < 1.29 is 17.1 Å². The number of rotatable bonds is 2. The number of nitrogens with one attached hydrogen (secondary N) is 3. The third-order valence-electron chi connectivity index (χ3n) is 0.914. The molecule has 0 saturated carbocycles. The first kappa shape index (κ1) is 8.56. The summed E-state index contributed by atoms with van der Waals surface area (Å²) in [7, 11) is 0. The van der Waals surface area contributed by atoms with Gasteiger partial charge in [0.2, 0.25) is 0 Å². The van der Waals surface area contributed by atoms with Crippen LogP contribution in [0.25, 0.3) is 0 Å². The van der Waals surface area contributed by atoms with E-state index in [4.69, 9.17) is 0 Å². The zero-order valence-corrected chi connectivity index (χ0v) is 6.43. The van der Waals surface area contributed by atoms with Crippen LogP contribution in [0.1, 0.15) is 0 Å². The summed E-state index contributed by atoms with van der Waals surface area (Å²) in [5, 5.41) is 28.2. The van der Waals surface area contributed by atoms with Gasteiger partial charge in [-0.3, -0.25) is 5.32 Å². The van der Waals surface area contributed by atoms with Crippen LogP contribution < -0.4 is 5.32 Å². The van der Waals surface area contributed by atoms with Crippen LogP contribution in [0.4, 0.5) is 11.9 Å². The van der Waals surface area contributed by atoms with E-state index in [1.54, 1.807) is 0 Å². The minimum absolute atomic E-state index is 0. The Morgan fingerprint density at radius 3 is 1.75 bits per heavy atom. The maximum Gasteiger partial charge on any atom is 2.00 e. The largest absolute Gasteiger partial charge is 2.00 e. The molecule has 0 bridgehead atoms. The SMILES string of the molecule is [Cu+2].n1nc(Nc2nn[nH]n2)n[nH]1. The minimum Gasteiger partial charge on any atom is -0.287 e. The number of tetrazole rings is 2. The smallest absolute Gasteiger partial charge is 0.287 e. The number of aromatic amines is 2. The molecule has 0 aliphatic rings. The van der Waals surface area contributed by atoms with E-state index in [1.807, 2.05) is 0 Å². The second-order valence-electron chi connectivity index (χ2n) is 1.60. The number of aromatic nitrogens is 8. The Labute approximate surface area is 76.2 Å². The van der Waals surface area contributed by atoms with Crippen LogP contribution in [0, 0.1) is 0 Å². The van der Waals surface area contributed by atoms with Crippen LogP contribution >= 0.6 is 0 Å². The van der Waals surface area contributed by atoms with Crippen LogP contribution in [0.15, 0.2) is 0 Å². The minimum atomic E-state index is 0. The van der Waals surface area contributed by atoms with Gasteiger partial charge in [-0.2, -0.15) is 10.4 Å². The van der Waals surface area contributed by atoms with Crippen molar-refractivity contribution in [2.45, 2.75) is 0 Å². The second-order valence-corrected chi connectivity index (χ2v) is 1.60. The van der Waals surface area contributed by atoms with Crippen LogP contribution in [0.2, 0.25) is 0 Å². The molecule has 2 aromatic rings. The average Bonchev–Trinajstić information content (AvgIpc) is 2.60. The van der Waals surface area contributed by atoms with Gasteiger partial charge < -0.3 is 0 Å². The van der Waals surface area contributed by atoms with Gasteiger partial charge in [-0.1, -0.05) is 10.2 Å². The van der Waals surface area contributed by atoms with E-state index in [2.05, 4.69) is 46.6 Å². The quantitative estimate of drug-likeness (QED) is 0.520. The molecule has 2 aromatic heterocycles. The molecule has 0 amide bonds. The Hall–Kier alpha value is -1.54. The van der Waals surface area contributed by atoms with Gasteiger partial charge in [-0.15, -0.1) is 10.2 Å². The van der Waals surface area contributed by atoms with Crippen molar-refractivity contribution in [2.75, 3.05) is 5.32 Å². The fourth-order valence-electron chi connectivity index (χ4n) is 0.530. The normalized spacial score (nSPS) is 9.00. The Kier molecular flexibility index (Phi) is 2.66. The molecule has 1 radical (unpaired) electrons. The van der Waals surface area contributed by atoms with E-state index < -0.39 is 0 Å². The van der Waals surface area contributed by atoms with Crippen molar-refractivity contribution in [1.29, 1.82) is 0 Å². The van der Waals surface area contributed by atoms with E-state index in [0.717, 1.165) is 0 Å². The molecule has 0 aliphatic heterocycles. The van der Waals surface area contributed by atoms with E-state index >= 15 is 0 Å². The number of nitrogens with zero attached hydrogens (tertiary/aromatic N) is 6. The summed E-state index contributed by atoms with van der Waals surface area (Å²) >= 11 is 0. The van der Waals surface area contributed by atoms with Gasteiger partial charge in [-0.25, -0.2) is 0 Å². The van der Waals surface area contributed by atoms with Gasteiger partial charge in [0, 0.05) is 0 Å². The molecule has 0 atom stereocenters. The molecule has 12 heavy (non-hydrogen) atoms. The number of hydrogen-bond acceptors (Lipinski definition) is 7. The molecule has 2 rings (SSSR count). The Morgan fingerprint density at radius 1 is 0.917 bits per heavy atom. The summed E-state index contributed by atoms with van der Waals surface area (Å²) in [4.78, 5) is 0. The van der Waals surface area contributed by atoms with Crippen molar-refractivity contribution in [1.82, 2.24) is 41.2 Å². The van der Waals surface area contributed by atoms with Crippen LogP contribution in [-0.4, -0.2) is 41.2 Å². The molecule has 2 heterocycles. The molecule has 0 spiro atoms. The molecule has 3 N–H and O–H groups in total. The zero-order valence-electron chi connectivity index (χ0n) is 5.48. The molecular formula is C2H3CuN9+2. The standard InChI is InChI=1S/C2H3N9.Cu/c3(1-4-8-9-5-1)2-6-10-11-7-2;/h(H3,3,4,5,6,7,8,9,10,11);/q;+2. The van der Waals surface area contributed by atoms with E-state index in [0.29, 0.717) is 11.9 Å². The first-order valence-corrected chi connectivity index (χ1v) is 2.69.